The van der Waals surface area contributed by atoms with Gasteiger partial charge in [-0.05, 0) is 6.08 Å². The summed E-state index contributed by atoms with van der Waals surface area (Å²) in [6, 6.07) is 0. The number of rotatable bonds is 4. The molecule has 1 fully saturated rings. The van der Waals surface area contributed by atoms with Crippen LogP contribution in [0.3, 0.4) is 0 Å². The molecule has 0 saturated carbocycles. The smallest absolute Gasteiger partial charge is 0.0764 e. The van der Waals surface area contributed by atoms with Crippen LogP contribution in [-0.2, 0) is 0 Å². The van der Waals surface area contributed by atoms with Gasteiger partial charge in [-0.1, -0.05) is 6.08 Å². The van der Waals surface area contributed by atoms with Gasteiger partial charge < -0.3 is 5.11 Å². The average molecular weight is 168 g/mol. The molecule has 3 heteroatoms. The highest BCUT2D eigenvalue weighted by Crippen LogP contribution is 2.03. The standard InChI is InChI=1S/C9H16N2O/c1-2-4-10-6-7-11(9-10)5-3-8-12/h2-3,8,12H,1,4-7,9H2. The van der Waals surface area contributed by atoms with Gasteiger partial charge >= 0.3 is 0 Å². The Labute approximate surface area is 73.6 Å². The largest absolute Gasteiger partial charge is 0.516 e. The quantitative estimate of drug-likeness (QED) is 0.497. The Morgan fingerprint density at radius 1 is 1.25 bits per heavy atom. The van der Waals surface area contributed by atoms with Crippen LogP contribution in [0.4, 0.5) is 0 Å². The molecule has 3 nitrogen and oxygen atoms in total. The summed E-state index contributed by atoms with van der Waals surface area (Å²) < 4.78 is 0. The lowest BCUT2D eigenvalue weighted by molar-refractivity contribution is 0.277. The Morgan fingerprint density at radius 3 is 2.50 bits per heavy atom. The van der Waals surface area contributed by atoms with E-state index in [0.717, 1.165) is 39.1 Å². The fraction of sp³-hybridized carbons (Fsp3) is 0.556. The second kappa shape index (κ2) is 4.95. The van der Waals surface area contributed by atoms with Crippen molar-refractivity contribution in [2.75, 3.05) is 32.8 Å². The first-order valence-electron chi connectivity index (χ1n) is 4.21. The first-order valence-corrected chi connectivity index (χ1v) is 4.21. The summed E-state index contributed by atoms with van der Waals surface area (Å²) in [5.41, 5.74) is 0. The van der Waals surface area contributed by atoms with E-state index in [2.05, 4.69) is 16.4 Å². The molecule has 68 valence electrons. The molecule has 1 heterocycles. The maximum Gasteiger partial charge on any atom is 0.0764 e. The van der Waals surface area contributed by atoms with E-state index in [0.29, 0.717) is 0 Å². The molecule has 0 aromatic carbocycles. The highest BCUT2D eigenvalue weighted by atomic mass is 16.2. The van der Waals surface area contributed by atoms with Crippen LogP contribution in [0, 0.1) is 0 Å². The van der Waals surface area contributed by atoms with Gasteiger partial charge in [0.2, 0.25) is 0 Å². The third kappa shape index (κ3) is 2.68. The van der Waals surface area contributed by atoms with Gasteiger partial charge in [-0.15, -0.1) is 6.58 Å². The van der Waals surface area contributed by atoms with E-state index in [1.165, 1.54) is 0 Å². The maximum atomic E-state index is 8.46. The predicted octanol–water partition coefficient (Wildman–Crippen LogP) is 0.819. The molecule has 0 radical (unpaired) electrons. The van der Waals surface area contributed by atoms with Crippen LogP contribution in [0.2, 0.25) is 0 Å². The average Bonchev–Trinajstić information content (AvgIpc) is 2.50. The Hall–Kier alpha value is -0.800. The van der Waals surface area contributed by atoms with Crippen molar-refractivity contribution in [2.45, 2.75) is 0 Å². The molecule has 1 saturated heterocycles. The van der Waals surface area contributed by atoms with Crippen molar-refractivity contribution >= 4 is 0 Å². The lowest BCUT2D eigenvalue weighted by Gasteiger charge is -2.14. The van der Waals surface area contributed by atoms with E-state index in [9.17, 15) is 0 Å². The first-order chi connectivity index (χ1) is 5.86. The maximum absolute atomic E-state index is 8.46. The van der Waals surface area contributed by atoms with Crippen LogP contribution in [0.15, 0.2) is 25.0 Å². The first kappa shape index (κ1) is 9.29. The number of aliphatic hydroxyl groups is 1. The van der Waals surface area contributed by atoms with Gasteiger partial charge in [0.15, 0.2) is 0 Å². The van der Waals surface area contributed by atoms with Gasteiger partial charge in [-0.3, -0.25) is 9.80 Å². The molecule has 0 aromatic rings. The van der Waals surface area contributed by atoms with Crippen LogP contribution >= 0.6 is 0 Å². The second-order valence-corrected chi connectivity index (χ2v) is 2.97. The third-order valence-corrected chi connectivity index (χ3v) is 1.99. The zero-order valence-corrected chi connectivity index (χ0v) is 7.32. The van der Waals surface area contributed by atoms with Crippen molar-refractivity contribution in [1.82, 2.24) is 9.80 Å². The number of nitrogens with zero attached hydrogens (tertiary/aromatic N) is 2. The summed E-state index contributed by atoms with van der Waals surface area (Å²) >= 11 is 0. The molecule has 0 bridgehead atoms. The van der Waals surface area contributed by atoms with Gasteiger partial charge in [0, 0.05) is 26.2 Å². The summed E-state index contributed by atoms with van der Waals surface area (Å²) in [4.78, 5) is 4.59. The molecule has 0 atom stereocenters. The Morgan fingerprint density at radius 2 is 1.92 bits per heavy atom. The highest BCUT2D eigenvalue weighted by Gasteiger charge is 2.16. The van der Waals surface area contributed by atoms with Crippen LogP contribution < -0.4 is 0 Å². The zero-order chi connectivity index (χ0) is 8.81. The molecule has 1 aliphatic rings. The van der Waals surface area contributed by atoms with Crippen molar-refractivity contribution in [3.63, 3.8) is 0 Å². The normalized spacial score (nSPS) is 20.7. The summed E-state index contributed by atoms with van der Waals surface area (Å²) in [6.07, 6.45) is 4.79. The highest BCUT2D eigenvalue weighted by molar-refractivity contribution is 4.83. The Bertz CT molecular complexity index is 168. The SMILES string of the molecule is C=CCN1CCN(CC=CO)C1. The summed E-state index contributed by atoms with van der Waals surface area (Å²) in [5.74, 6) is 0. The number of aliphatic hydroxyl groups excluding tert-OH is 1. The van der Waals surface area contributed by atoms with E-state index < -0.39 is 0 Å². The van der Waals surface area contributed by atoms with Crippen molar-refractivity contribution in [3.8, 4) is 0 Å². The molecule has 1 aliphatic heterocycles. The van der Waals surface area contributed by atoms with E-state index >= 15 is 0 Å². The van der Waals surface area contributed by atoms with Gasteiger partial charge in [-0.25, -0.2) is 0 Å². The molecular weight excluding hydrogens is 152 g/mol. The zero-order valence-electron chi connectivity index (χ0n) is 7.32. The van der Waals surface area contributed by atoms with Crippen LogP contribution in [0.1, 0.15) is 0 Å². The predicted molar refractivity (Wildman–Crippen MR) is 50.0 cm³/mol. The Balaban J connectivity index is 2.20. The van der Waals surface area contributed by atoms with Crippen LogP contribution in [-0.4, -0.2) is 47.8 Å². The summed E-state index contributed by atoms with van der Waals surface area (Å²) in [6.45, 7) is 8.66. The molecule has 0 spiro atoms. The monoisotopic (exact) mass is 168 g/mol. The molecular formula is C9H16N2O. The molecule has 0 aliphatic carbocycles. The molecule has 0 aromatic heterocycles. The molecule has 0 unspecified atom stereocenters. The van der Waals surface area contributed by atoms with Crippen molar-refractivity contribution in [3.05, 3.63) is 25.0 Å². The third-order valence-electron chi connectivity index (χ3n) is 1.99. The van der Waals surface area contributed by atoms with Gasteiger partial charge in [0.1, 0.15) is 0 Å². The minimum atomic E-state index is 0.837. The fourth-order valence-electron chi connectivity index (χ4n) is 1.38. The van der Waals surface area contributed by atoms with Gasteiger partial charge in [0.25, 0.3) is 0 Å². The van der Waals surface area contributed by atoms with Gasteiger partial charge in [-0.2, -0.15) is 0 Å². The molecule has 12 heavy (non-hydrogen) atoms. The lowest BCUT2D eigenvalue weighted by atomic mass is 10.5. The number of hydrogen-bond acceptors (Lipinski definition) is 3. The van der Waals surface area contributed by atoms with Crippen molar-refractivity contribution < 1.29 is 5.11 Å². The van der Waals surface area contributed by atoms with Crippen LogP contribution in [0.25, 0.3) is 0 Å². The fourth-order valence-corrected chi connectivity index (χ4v) is 1.38. The van der Waals surface area contributed by atoms with Crippen molar-refractivity contribution in [1.29, 1.82) is 0 Å². The van der Waals surface area contributed by atoms with E-state index in [-0.39, 0.29) is 0 Å². The second-order valence-electron chi connectivity index (χ2n) is 2.97. The molecule has 0 amide bonds. The van der Waals surface area contributed by atoms with E-state index in [1.54, 1.807) is 6.08 Å². The summed E-state index contributed by atoms with van der Waals surface area (Å²) in [5, 5.41) is 8.46. The number of hydrogen-bond donors (Lipinski definition) is 1. The minimum Gasteiger partial charge on any atom is -0.516 e. The lowest BCUT2D eigenvalue weighted by Crippen LogP contribution is -2.25. The summed E-state index contributed by atoms with van der Waals surface area (Å²) in [7, 11) is 0. The van der Waals surface area contributed by atoms with Crippen molar-refractivity contribution in [2.24, 2.45) is 0 Å². The topological polar surface area (TPSA) is 26.7 Å². The van der Waals surface area contributed by atoms with E-state index in [4.69, 9.17) is 5.11 Å². The van der Waals surface area contributed by atoms with Gasteiger partial charge in [0.05, 0.1) is 12.9 Å². The molecule has 1 N–H and O–H groups in total. The molecule has 1 rings (SSSR count). The minimum absolute atomic E-state index is 0.837. The Kier molecular flexibility index (Phi) is 3.84. The van der Waals surface area contributed by atoms with E-state index in [1.807, 2.05) is 6.08 Å². The van der Waals surface area contributed by atoms with Crippen LogP contribution in [0.5, 0.6) is 0 Å².